The van der Waals surface area contributed by atoms with E-state index in [1.165, 1.54) is 12.4 Å². The van der Waals surface area contributed by atoms with Gasteiger partial charge in [-0.15, -0.1) is 0 Å². The highest BCUT2D eigenvalue weighted by molar-refractivity contribution is 5.75. The number of aliphatic hydroxyl groups is 1. The zero-order chi connectivity index (χ0) is 12.8. The molecular formula is C9H14N4O4. The van der Waals surface area contributed by atoms with Crippen molar-refractivity contribution in [1.29, 1.82) is 0 Å². The third-order valence-corrected chi connectivity index (χ3v) is 2.18. The van der Waals surface area contributed by atoms with Gasteiger partial charge in [-0.25, -0.2) is 4.57 Å². The first-order valence-corrected chi connectivity index (χ1v) is 5.14. The lowest BCUT2D eigenvalue weighted by atomic mass is 10.3. The lowest BCUT2D eigenvalue weighted by molar-refractivity contribution is -0.396. The van der Waals surface area contributed by atoms with Gasteiger partial charge in [-0.3, -0.25) is 4.79 Å². The molecule has 0 aliphatic carbocycles. The summed E-state index contributed by atoms with van der Waals surface area (Å²) in [5.41, 5.74) is 0. The van der Waals surface area contributed by atoms with Crippen molar-refractivity contribution in [3.63, 3.8) is 0 Å². The van der Waals surface area contributed by atoms with Crippen molar-refractivity contribution < 1.29 is 14.8 Å². The fourth-order valence-electron chi connectivity index (χ4n) is 1.18. The van der Waals surface area contributed by atoms with Gasteiger partial charge in [-0.1, -0.05) is 11.9 Å². The predicted octanol–water partition coefficient (Wildman–Crippen LogP) is -0.322. The lowest BCUT2D eigenvalue weighted by Crippen LogP contribution is -2.34. The zero-order valence-corrected chi connectivity index (χ0v) is 9.37. The summed E-state index contributed by atoms with van der Waals surface area (Å²) in [5.74, 6) is -0.783. The van der Waals surface area contributed by atoms with Crippen molar-refractivity contribution >= 4 is 11.9 Å². The van der Waals surface area contributed by atoms with Crippen molar-refractivity contribution in [2.75, 3.05) is 6.54 Å². The number of hydrogen-bond acceptors (Lipinski definition) is 5. The summed E-state index contributed by atoms with van der Waals surface area (Å²) in [4.78, 5) is 24.8. The Labute approximate surface area is 97.4 Å². The predicted molar refractivity (Wildman–Crippen MR) is 58.2 cm³/mol. The number of aliphatic hydroxyl groups excluding tert-OH is 1. The Hall–Kier alpha value is -1.96. The summed E-state index contributed by atoms with van der Waals surface area (Å²) >= 11 is 0. The van der Waals surface area contributed by atoms with E-state index in [4.69, 9.17) is 0 Å². The first-order valence-electron chi connectivity index (χ1n) is 5.14. The van der Waals surface area contributed by atoms with Gasteiger partial charge in [0.05, 0.1) is 6.10 Å². The molecule has 1 unspecified atom stereocenters. The number of rotatable bonds is 6. The van der Waals surface area contributed by atoms with Crippen LogP contribution in [-0.4, -0.2) is 38.1 Å². The number of nitrogens with zero attached hydrogens (tertiary/aromatic N) is 3. The molecule has 17 heavy (non-hydrogen) atoms. The topological polar surface area (TPSA) is 110 Å². The smallest absolute Gasteiger partial charge is 0.391 e. The van der Waals surface area contributed by atoms with E-state index in [1.807, 2.05) is 0 Å². The number of amides is 1. The minimum atomic E-state index is -0.659. The largest absolute Gasteiger partial charge is 0.435 e. The molecule has 2 N–H and O–H groups in total. The minimum absolute atomic E-state index is 0.137. The molecule has 0 fully saturated rings. The van der Waals surface area contributed by atoms with Gasteiger partial charge in [-0.05, 0) is 11.3 Å². The molecule has 8 nitrogen and oxygen atoms in total. The summed E-state index contributed by atoms with van der Waals surface area (Å²) in [5, 5.41) is 22.2. The molecule has 1 amide bonds. The normalized spacial score (nSPS) is 12.1. The number of aromatic nitrogens is 2. The molecule has 0 spiro atoms. The number of nitro groups is 1. The Kier molecular flexibility index (Phi) is 4.58. The highest BCUT2D eigenvalue weighted by Crippen LogP contribution is 2.06. The fourth-order valence-corrected chi connectivity index (χ4v) is 1.18. The van der Waals surface area contributed by atoms with Crippen molar-refractivity contribution in [2.45, 2.75) is 26.0 Å². The maximum absolute atomic E-state index is 11.4. The molecule has 1 aromatic rings. The summed E-state index contributed by atoms with van der Waals surface area (Å²) < 4.78 is 1.13. The SMILES string of the molecule is CCC(O)CNC(=O)Cn1ccnc1[N+](=O)[O-]. The molecule has 0 saturated heterocycles. The summed E-state index contributed by atoms with van der Waals surface area (Å²) in [6.07, 6.45) is 2.54. The molecule has 0 aromatic carbocycles. The average molecular weight is 242 g/mol. The maximum Gasteiger partial charge on any atom is 0.435 e. The number of nitrogens with one attached hydrogen (secondary N) is 1. The van der Waals surface area contributed by atoms with Gasteiger partial charge in [0.1, 0.15) is 12.4 Å². The van der Waals surface area contributed by atoms with Gasteiger partial charge in [0.25, 0.3) is 5.91 Å². The van der Waals surface area contributed by atoms with Gasteiger partial charge in [-0.2, -0.15) is 0 Å². The number of hydrogen-bond donors (Lipinski definition) is 2. The molecule has 0 radical (unpaired) electrons. The average Bonchev–Trinajstić information content (AvgIpc) is 2.74. The Bertz CT molecular complexity index is 403. The van der Waals surface area contributed by atoms with Gasteiger partial charge < -0.3 is 20.5 Å². The van der Waals surface area contributed by atoms with Crippen molar-refractivity contribution in [3.8, 4) is 0 Å². The van der Waals surface area contributed by atoms with Crippen molar-refractivity contribution in [1.82, 2.24) is 14.9 Å². The number of imidazole rings is 1. The van der Waals surface area contributed by atoms with Crippen LogP contribution in [0.3, 0.4) is 0 Å². The van der Waals surface area contributed by atoms with Crippen LogP contribution < -0.4 is 5.32 Å². The standard InChI is InChI=1S/C9H14N4O4/c1-2-7(14)5-11-8(15)6-12-4-3-10-9(12)13(16)17/h3-4,7,14H,2,5-6H2,1H3,(H,11,15). The quantitative estimate of drug-likeness (QED) is 0.524. The second kappa shape index (κ2) is 5.94. The van der Waals surface area contributed by atoms with E-state index in [1.54, 1.807) is 6.92 Å². The van der Waals surface area contributed by atoms with E-state index in [9.17, 15) is 20.0 Å². The van der Waals surface area contributed by atoms with Crippen LogP contribution in [0.25, 0.3) is 0 Å². The van der Waals surface area contributed by atoms with Crippen LogP contribution in [0.2, 0.25) is 0 Å². The molecule has 0 aliphatic rings. The molecular weight excluding hydrogens is 228 g/mol. The fraction of sp³-hybridized carbons (Fsp3) is 0.556. The molecule has 0 bridgehead atoms. The molecule has 0 aliphatic heterocycles. The molecule has 1 heterocycles. The molecule has 1 aromatic heterocycles. The minimum Gasteiger partial charge on any atom is -0.391 e. The highest BCUT2D eigenvalue weighted by Gasteiger charge is 2.16. The molecule has 0 saturated carbocycles. The third-order valence-electron chi connectivity index (χ3n) is 2.18. The van der Waals surface area contributed by atoms with E-state index < -0.39 is 16.9 Å². The lowest BCUT2D eigenvalue weighted by Gasteiger charge is -2.08. The van der Waals surface area contributed by atoms with E-state index in [0.29, 0.717) is 6.42 Å². The van der Waals surface area contributed by atoms with E-state index >= 15 is 0 Å². The highest BCUT2D eigenvalue weighted by atomic mass is 16.6. The van der Waals surface area contributed by atoms with E-state index in [2.05, 4.69) is 10.3 Å². The van der Waals surface area contributed by atoms with Crippen molar-refractivity contribution in [2.24, 2.45) is 0 Å². The third kappa shape index (κ3) is 3.83. The van der Waals surface area contributed by atoms with Crippen molar-refractivity contribution in [3.05, 3.63) is 22.5 Å². The Morgan fingerprint density at radius 1 is 1.76 bits per heavy atom. The summed E-state index contributed by atoms with van der Waals surface area (Å²) in [6, 6.07) is 0. The van der Waals surface area contributed by atoms with Crippen LogP contribution in [0.1, 0.15) is 13.3 Å². The Morgan fingerprint density at radius 3 is 3.06 bits per heavy atom. The van der Waals surface area contributed by atoms with Gasteiger partial charge in [0, 0.05) is 6.54 Å². The van der Waals surface area contributed by atoms with Crippen LogP contribution in [0.4, 0.5) is 5.95 Å². The van der Waals surface area contributed by atoms with Crippen LogP contribution in [0.5, 0.6) is 0 Å². The van der Waals surface area contributed by atoms with E-state index in [0.717, 1.165) is 4.57 Å². The second-order valence-corrected chi connectivity index (χ2v) is 3.48. The number of carbonyl (C=O) groups is 1. The second-order valence-electron chi connectivity index (χ2n) is 3.48. The first-order chi connectivity index (χ1) is 8.04. The van der Waals surface area contributed by atoms with Crippen LogP contribution in [0.15, 0.2) is 12.4 Å². The summed E-state index contributed by atoms with van der Waals surface area (Å²) in [6.45, 7) is 1.74. The molecule has 1 atom stereocenters. The molecule has 8 heteroatoms. The van der Waals surface area contributed by atoms with Crippen LogP contribution >= 0.6 is 0 Å². The maximum atomic E-state index is 11.4. The van der Waals surface area contributed by atoms with Gasteiger partial charge in [0.15, 0.2) is 6.54 Å². The first kappa shape index (κ1) is 13.1. The Morgan fingerprint density at radius 2 is 2.47 bits per heavy atom. The zero-order valence-electron chi connectivity index (χ0n) is 9.37. The van der Waals surface area contributed by atoms with Crippen LogP contribution in [0, 0.1) is 10.1 Å². The molecule has 1 rings (SSSR count). The monoisotopic (exact) mass is 242 g/mol. The van der Waals surface area contributed by atoms with E-state index in [-0.39, 0.29) is 19.0 Å². The molecule has 94 valence electrons. The number of carbonyl (C=O) groups excluding carboxylic acids is 1. The summed E-state index contributed by atoms with van der Waals surface area (Å²) in [7, 11) is 0. The van der Waals surface area contributed by atoms with Crippen LogP contribution in [-0.2, 0) is 11.3 Å². The Balaban J connectivity index is 2.51. The van der Waals surface area contributed by atoms with Gasteiger partial charge >= 0.3 is 5.95 Å². The van der Waals surface area contributed by atoms with Gasteiger partial charge in [0.2, 0.25) is 0 Å².